The first kappa shape index (κ1) is 17.7. The summed E-state index contributed by atoms with van der Waals surface area (Å²) in [5.74, 6) is -3.73. The highest BCUT2D eigenvalue weighted by atomic mass is 35.5. The second-order valence-corrected chi connectivity index (χ2v) is 4.44. The van der Waals surface area contributed by atoms with E-state index >= 15 is 0 Å². The number of piperidine rings is 1. The van der Waals surface area contributed by atoms with Crippen molar-refractivity contribution in [3.8, 4) is 5.75 Å². The summed E-state index contributed by atoms with van der Waals surface area (Å²) in [7, 11) is 0. The molecule has 0 radical (unpaired) electrons. The van der Waals surface area contributed by atoms with Gasteiger partial charge in [0.2, 0.25) is 5.82 Å². The van der Waals surface area contributed by atoms with Crippen LogP contribution in [0.1, 0.15) is 24.3 Å². The molecular weight excluding hydrogens is 317 g/mol. The van der Waals surface area contributed by atoms with Gasteiger partial charge in [-0.3, -0.25) is 0 Å². The van der Waals surface area contributed by atoms with Gasteiger partial charge in [-0.15, -0.1) is 12.4 Å². The minimum absolute atomic E-state index is 0. The van der Waals surface area contributed by atoms with E-state index in [-0.39, 0.29) is 23.9 Å². The average molecular weight is 330 g/mol. The predicted octanol–water partition coefficient (Wildman–Crippen LogP) is 4.27. The molecule has 8 heteroatoms. The summed E-state index contributed by atoms with van der Waals surface area (Å²) < 4.78 is 68.1. The standard InChI is InChI=1S/C13H12F5NO.ClH/c14-9-2-1-8(7-3-5-19-6-4-7)11(10(9)15)20-13(18)12(16)17;/h1-2,7,19H,3-6H2;1H. The molecule has 1 N–H and O–H groups in total. The normalized spacial score (nSPS) is 15.3. The van der Waals surface area contributed by atoms with Crippen molar-refractivity contribution in [1.29, 1.82) is 0 Å². The Balaban J connectivity index is 0.00000220. The average Bonchev–Trinajstić information content (AvgIpc) is 2.45. The molecule has 0 unspecified atom stereocenters. The summed E-state index contributed by atoms with van der Waals surface area (Å²) >= 11 is 0. The van der Waals surface area contributed by atoms with Crippen molar-refractivity contribution in [2.75, 3.05) is 13.1 Å². The van der Waals surface area contributed by atoms with Gasteiger partial charge in [-0.05, 0) is 37.9 Å². The first-order valence-electron chi connectivity index (χ1n) is 6.08. The van der Waals surface area contributed by atoms with Crippen LogP contribution in [0, 0.1) is 11.6 Å². The van der Waals surface area contributed by atoms with E-state index in [1.807, 2.05) is 0 Å². The summed E-state index contributed by atoms with van der Waals surface area (Å²) in [4.78, 5) is 0. The van der Waals surface area contributed by atoms with E-state index in [2.05, 4.69) is 10.1 Å². The Bertz CT molecular complexity index is 528. The maximum atomic E-state index is 13.7. The maximum absolute atomic E-state index is 13.7. The van der Waals surface area contributed by atoms with Gasteiger partial charge in [-0.2, -0.15) is 17.6 Å². The van der Waals surface area contributed by atoms with Crippen LogP contribution in [0.3, 0.4) is 0 Å². The monoisotopic (exact) mass is 329 g/mol. The Morgan fingerprint density at radius 1 is 1.10 bits per heavy atom. The third kappa shape index (κ3) is 4.07. The second kappa shape index (κ2) is 7.61. The van der Waals surface area contributed by atoms with E-state index in [0.29, 0.717) is 25.9 Å². The lowest BCUT2D eigenvalue weighted by Crippen LogP contribution is -2.27. The van der Waals surface area contributed by atoms with Gasteiger partial charge in [0.1, 0.15) is 0 Å². The molecule has 1 aliphatic heterocycles. The zero-order valence-corrected chi connectivity index (χ0v) is 11.6. The number of rotatable bonds is 3. The summed E-state index contributed by atoms with van der Waals surface area (Å²) in [5, 5.41) is 3.08. The topological polar surface area (TPSA) is 21.3 Å². The van der Waals surface area contributed by atoms with Gasteiger partial charge in [0.25, 0.3) is 0 Å². The van der Waals surface area contributed by atoms with Crippen LogP contribution < -0.4 is 10.1 Å². The molecule has 118 valence electrons. The fourth-order valence-corrected chi connectivity index (χ4v) is 2.23. The molecule has 0 amide bonds. The molecular formula is C13H13ClF5NO. The molecule has 2 nitrogen and oxygen atoms in total. The minimum atomic E-state index is -2.72. The van der Waals surface area contributed by atoms with Crippen LogP contribution in [0.5, 0.6) is 5.75 Å². The first-order valence-corrected chi connectivity index (χ1v) is 6.08. The molecule has 1 aromatic rings. The zero-order chi connectivity index (χ0) is 14.7. The van der Waals surface area contributed by atoms with Crippen LogP contribution in [0.4, 0.5) is 22.0 Å². The molecule has 1 fully saturated rings. The largest absolute Gasteiger partial charge is 0.424 e. The molecule has 0 spiro atoms. The molecule has 2 rings (SSSR count). The van der Waals surface area contributed by atoms with Gasteiger partial charge in [-0.1, -0.05) is 6.07 Å². The SMILES string of the molecule is Cl.FC(F)=C(F)Oc1c(C2CCNCC2)ccc(F)c1F. The van der Waals surface area contributed by atoms with E-state index in [1.165, 1.54) is 6.07 Å². The second-order valence-electron chi connectivity index (χ2n) is 4.44. The van der Waals surface area contributed by atoms with Crippen molar-refractivity contribution in [2.24, 2.45) is 0 Å². The molecule has 1 saturated heterocycles. The Morgan fingerprint density at radius 3 is 2.29 bits per heavy atom. The van der Waals surface area contributed by atoms with Crippen molar-refractivity contribution < 1.29 is 26.7 Å². The molecule has 0 saturated carbocycles. The van der Waals surface area contributed by atoms with Crippen molar-refractivity contribution >= 4 is 12.4 Å². The molecule has 1 heterocycles. The van der Waals surface area contributed by atoms with Gasteiger partial charge in [0.15, 0.2) is 11.6 Å². The van der Waals surface area contributed by atoms with Crippen molar-refractivity contribution in [3.05, 3.63) is 41.4 Å². The Labute approximate surface area is 124 Å². The number of ether oxygens (including phenoxy) is 1. The van der Waals surface area contributed by atoms with E-state index in [0.717, 1.165) is 6.07 Å². The molecule has 1 aliphatic rings. The number of nitrogens with one attached hydrogen (secondary N) is 1. The Morgan fingerprint density at radius 2 is 1.71 bits per heavy atom. The van der Waals surface area contributed by atoms with Crippen LogP contribution in [-0.2, 0) is 0 Å². The van der Waals surface area contributed by atoms with Crippen molar-refractivity contribution in [1.82, 2.24) is 5.32 Å². The van der Waals surface area contributed by atoms with E-state index in [1.54, 1.807) is 0 Å². The lowest BCUT2D eigenvalue weighted by molar-refractivity contribution is 0.228. The Hall–Kier alpha value is -1.34. The molecule has 21 heavy (non-hydrogen) atoms. The lowest BCUT2D eigenvalue weighted by atomic mass is 9.89. The molecule has 1 aromatic carbocycles. The van der Waals surface area contributed by atoms with E-state index in [9.17, 15) is 22.0 Å². The van der Waals surface area contributed by atoms with Crippen molar-refractivity contribution in [3.63, 3.8) is 0 Å². The fourth-order valence-electron chi connectivity index (χ4n) is 2.23. The number of hydrogen-bond acceptors (Lipinski definition) is 2. The first-order chi connectivity index (χ1) is 9.50. The van der Waals surface area contributed by atoms with Crippen LogP contribution in [0.2, 0.25) is 0 Å². The number of halogens is 6. The third-order valence-electron chi connectivity index (χ3n) is 3.20. The van der Waals surface area contributed by atoms with Crippen molar-refractivity contribution in [2.45, 2.75) is 18.8 Å². The van der Waals surface area contributed by atoms with Gasteiger partial charge >= 0.3 is 12.1 Å². The zero-order valence-electron chi connectivity index (χ0n) is 10.8. The highest BCUT2D eigenvalue weighted by molar-refractivity contribution is 5.85. The van der Waals surface area contributed by atoms with Crippen LogP contribution in [0.25, 0.3) is 0 Å². The summed E-state index contributed by atoms with van der Waals surface area (Å²) in [5.41, 5.74) is 0.196. The van der Waals surface area contributed by atoms with Gasteiger partial charge in [0.05, 0.1) is 0 Å². The fraction of sp³-hybridized carbons (Fsp3) is 0.385. The highest BCUT2D eigenvalue weighted by Crippen LogP contribution is 2.37. The minimum Gasteiger partial charge on any atom is -0.424 e. The summed E-state index contributed by atoms with van der Waals surface area (Å²) in [6.45, 7) is 1.30. The molecule has 0 atom stereocenters. The quantitative estimate of drug-likeness (QED) is 0.660. The molecule has 0 aliphatic carbocycles. The van der Waals surface area contributed by atoms with Crippen LogP contribution in [-0.4, -0.2) is 13.1 Å². The van der Waals surface area contributed by atoms with Gasteiger partial charge < -0.3 is 10.1 Å². The number of benzene rings is 1. The summed E-state index contributed by atoms with van der Waals surface area (Å²) in [6, 6.07) is -0.0928. The molecule has 0 aromatic heterocycles. The lowest BCUT2D eigenvalue weighted by Gasteiger charge is -2.24. The van der Waals surface area contributed by atoms with E-state index < -0.39 is 29.5 Å². The maximum Gasteiger partial charge on any atom is 0.344 e. The summed E-state index contributed by atoms with van der Waals surface area (Å²) in [6.07, 6.45) is -1.51. The van der Waals surface area contributed by atoms with Gasteiger partial charge in [-0.25, -0.2) is 4.39 Å². The van der Waals surface area contributed by atoms with E-state index in [4.69, 9.17) is 0 Å². The third-order valence-corrected chi connectivity index (χ3v) is 3.20. The number of hydrogen-bond donors (Lipinski definition) is 1. The van der Waals surface area contributed by atoms with Crippen LogP contribution >= 0.6 is 12.4 Å². The predicted molar refractivity (Wildman–Crippen MR) is 69.4 cm³/mol. The molecule has 0 bridgehead atoms. The highest BCUT2D eigenvalue weighted by Gasteiger charge is 2.25. The smallest absolute Gasteiger partial charge is 0.344 e. The van der Waals surface area contributed by atoms with Crippen LogP contribution in [0.15, 0.2) is 24.2 Å². The Kier molecular flexibility index (Phi) is 6.42. The van der Waals surface area contributed by atoms with Gasteiger partial charge in [0, 0.05) is 5.56 Å².